The molecule has 0 unspecified atom stereocenters. The standard InChI is InChI=1S/C18H30N2/c1-18(2,3)17-9-7-16(8-10-17)6-5-11-20-14-12-19(4)13-15-20/h7-10H,5-6,11-15H2,1-4H3. The molecule has 0 aromatic heterocycles. The van der Waals surface area contributed by atoms with Crippen LogP contribution in [0.4, 0.5) is 0 Å². The predicted molar refractivity (Wildman–Crippen MR) is 87.4 cm³/mol. The van der Waals surface area contributed by atoms with Crippen molar-refractivity contribution in [2.24, 2.45) is 0 Å². The molecule has 1 fully saturated rings. The summed E-state index contributed by atoms with van der Waals surface area (Å²) in [6.45, 7) is 13.0. The Hall–Kier alpha value is -0.860. The molecule has 0 N–H and O–H groups in total. The summed E-state index contributed by atoms with van der Waals surface area (Å²) in [5.74, 6) is 0. The van der Waals surface area contributed by atoms with Gasteiger partial charge in [0, 0.05) is 26.2 Å². The number of hydrogen-bond acceptors (Lipinski definition) is 2. The minimum Gasteiger partial charge on any atom is -0.304 e. The van der Waals surface area contributed by atoms with Crippen molar-refractivity contribution in [1.29, 1.82) is 0 Å². The third kappa shape index (κ3) is 4.60. The van der Waals surface area contributed by atoms with Crippen LogP contribution in [0.25, 0.3) is 0 Å². The van der Waals surface area contributed by atoms with E-state index in [0.717, 1.165) is 0 Å². The number of aryl methyl sites for hydroxylation is 1. The molecule has 2 heteroatoms. The summed E-state index contributed by atoms with van der Waals surface area (Å²) in [5.41, 5.74) is 3.17. The fourth-order valence-electron chi connectivity index (χ4n) is 2.75. The Balaban J connectivity index is 1.74. The van der Waals surface area contributed by atoms with E-state index in [4.69, 9.17) is 0 Å². The molecule has 2 nitrogen and oxygen atoms in total. The SMILES string of the molecule is CN1CCN(CCCc2ccc(C(C)(C)C)cc2)CC1. The molecule has 1 aromatic rings. The van der Waals surface area contributed by atoms with Crippen LogP contribution in [0.5, 0.6) is 0 Å². The van der Waals surface area contributed by atoms with Crippen molar-refractivity contribution in [2.45, 2.75) is 39.0 Å². The number of rotatable bonds is 4. The molecule has 1 aromatic carbocycles. The van der Waals surface area contributed by atoms with Crippen LogP contribution in [0.15, 0.2) is 24.3 Å². The summed E-state index contributed by atoms with van der Waals surface area (Å²) in [4.78, 5) is 5.02. The highest BCUT2D eigenvalue weighted by Crippen LogP contribution is 2.22. The van der Waals surface area contributed by atoms with Crippen LogP contribution < -0.4 is 0 Å². The van der Waals surface area contributed by atoms with E-state index in [-0.39, 0.29) is 5.41 Å². The van der Waals surface area contributed by atoms with Gasteiger partial charge in [0.25, 0.3) is 0 Å². The third-order valence-electron chi connectivity index (χ3n) is 4.36. The van der Waals surface area contributed by atoms with E-state index in [1.165, 1.54) is 56.7 Å². The average molecular weight is 274 g/mol. The number of benzene rings is 1. The zero-order valence-corrected chi connectivity index (χ0v) is 13.7. The molecule has 0 atom stereocenters. The molecule has 0 radical (unpaired) electrons. The first-order valence-corrected chi connectivity index (χ1v) is 7.95. The van der Waals surface area contributed by atoms with Gasteiger partial charge in [-0.3, -0.25) is 0 Å². The lowest BCUT2D eigenvalue weighted by Gasteiger charge is -2.32. The summed E-state index contributed by atoms with van der Waals surface area (Å²) in [6, 6.07) is 9.21. The largest absolute Gasteiger partial charge is 0.304 e. The highest BCUT2D eigenvalue weighted by molar-refractivity contribution is 5.27. The van der Waals surface area contributed by atoms with E-state index < -0.39 is 0 Å². The zero-order valence-electron chi connectivity index (χ0n) is 13.7. The molecule has 0 bridgehead atoms. The molecule has 1 heterocycles. The van der Waals surface area contributed by atoms with Crippen LogP contribution in [-0.2, 0) is 11.8 Å². The Bertz CT molecular complexity index is 394. The molecule has 20 heavy (non-hydrogen) atoms. The fourth-order valence-corrected chi connectivity index (χ4v) is 2.75. The molecule has 2 rings (SSSR count). The summed E-state index contributed by atoms with van der Waals surface area (Å²) in [6.07, 6.45) is 2.48. The van der Waals surface area contributed by atoms with Gasteiger partial charge in [-0.1, -0.05) is 45.0 Å². The van der Waals surface area contributed by atoms with Crippen molar-refractivity contribution < 1.29 is 0 Å². The monoisotopic (exact) mass is 274 g/mol. The number of likely N-dealkylation sites (N-methyl/N-ethyl adjacent to an activating group) is 1. The minimum absolute atomic E-state index is 0.262. The molecule has 0 aliphatic carbocycles. The molecule has 1 saturated heterocycles. The Morgan fingerprint density at radius 2 is 1.55 bits per heavy atom. The molecule has 112 valence electrons. The van der Waals surface area contributed by atoms with Gasteiger partial charge in [-0.05, 0) is 43.0 Å². The van der Waals surface area contributed by atoms with Crippen molar-refractivity contribution in [1.82, 2.24) is 9.80 Å². The number of piperazine rings is 1. The Morgan fingerprint density at radius 3 is 2.10 bits per heavy atom. The van der Waals surface area contributed by atoms with Crippen LogP contribution in [0.1, 0.15) is 38.3 Å². The quantitative estimate of drug-likeness (QED) is 0.832. The Labute approximate surface area is 124 Å². The second kappa shape index (κ2) is 6.73. The van der Waals surface area contributed by atoms with Crippen LogP contribution in [0.2, 0.25) is 0 Å². The van der Waals surface area contributed by atoms with E-state index in [2.05, 4.69) is 61.9 Å². The molecular weight excluding hydrogens is 244 g/mol. The second-order valence-corrected chi connectivity index (χ2v) is 7.20. The number of hydrogen-bond donors (Lipinski definition) is 0. The van der Waals surface area contributed by atoms with Gasteiger partial charge in [0.1, 0.15) is 0 Å². The van der Waals surface area contributed by atoms with Gasteiger partial charge in [-0.25, -0.2) is 0 Å². The van der Waals surface area contributed by atoms with Crippen LogP contribution in [0, 0.1) is 0 Å². The smallest absolute Gasteiger partial charge is 0.0110 e. The fraction of sp³-hybridized carbons (Fsp3) is 0.667. The summed E-state index contributed by atoms with van der Waals surface area (Å²) < 4.78 is 0. The lowest BCUT2D eigenvalue weighted by Crippen LogP contribution is -2.44. The summed E-state index contributed by atoms with van der Waals surface area (Å²) in [7, 11) is 2.22. The van der Waals surface area contributed by atoms with Gasteiger partial charge in [0.15, 0.2) is 0 Å². The van der Waals surface area contributed by atoms with Crippen molar-refractivity contribution >= 4 is 0 Å². The van der Waals surface area contributed by atoms with Gasteiger partial charge in [0.2, 0.25) is 0 Å². The van der Waals surface area contributed by atoms with E-state index in [9.17, 15) is 0 Å². The van der Waals surface area contributed by atoms with Crippen LogP contribution in [0.3, 0.4) is 0 Å². The maximum absolute atomic E-state index is 2.60. The molecular formula is C18H30N2. The van der Waals surface area contributed by atoms with E-state index >= 15 is 0 Å². The van der Waals surface area contributed by atoms with Crippen molar-refractivity contribution in [3.05, 3.63) is 35.4 Å². The molecule has 0 spiro atoms. The maximum Gasteiger partial charge on any atom is 0.0110 e. The van der Waals surface area contributed by atoms with E-state index in [1.807, 2.05) is 0 Å². The number of nitrogens with zero attached hydrogens (tertiary/aromatic N) is 2. The van der Waals surface area contributed by atoms with Gasteiger partial charge >= 0.3 is 0 Å². The van der Waals surface area contributed by atoms with Gasteiger partial charge in [0.05, 0.1) is 0 Å². The molecule has 0 saturated carbocycles. The van der Waals surface area contributed by atoms with Gasteiger partial charge < -0.3 is 9.80 Å². The normalized spacial score (nSPS) is 18.4. The predicted octanol–water partition coefficient (Wildman–Crippen LogP) is 3.16. The lowest BCUT2D eigenvalue weighted by molar-refractivity contribution is 0.153. The summed E-state index contributed by atoms with van der Waals surface area (Å²) in [5, 5.41) is 0. The van der Waals surface area contributed by atoms with Crippen molar-refractivity contribution in [3.63, 3.8) is 0 Å². The highest BCUT2D eigenvalue weighted by atomic mass is 15.2. The highest BCUT2D eigenvalue weighted by Gasteiger charge is 2.14. The minimum atomic E-state index is 0.262. The van der Waals surface area contributed by atoms with E-state index in [1.54, 1.807) is 0 Å². The van der Waals surface area contributed by atoms with E-state index in [0.29, 0.717) is 0 Å². The van der Waals surface area contributed by atoms with Crippen LogP contribution in [-0.4, -0.2) is 49.6 Å². The summed E-state index contributed by atoms with van der Waals surface area (Å²) >= 11 is 0. The Morgan fingerprint density at radius 1 is 0.950 bits per heavy atom. The molecule has 1 aliphatic heterocycles. The van der Waals surface area contributed by atoms with Gasteiger partial charge in [-0.15, -0.1) is 0 Å². The van der Waals surface area contributed by atoms with Crippen molar-refractivity contribution in [2.75, 3.05) is 39.8 Å². The molecule has 0 amide bonds. The first kappa shape index (κ1) is 15.5. The lowest BCUT2D eigenvalue weighted by atomic mass is 9.86. The Kier molecular flexibility index (Phi) is 5.22. The first-order chi connectivity index (χ1) is 9.45. The van der Waals surface area contributed by atoms with Gasteiger partial charge in [-0.2, -0.15) is 0 Å². The van der Waals surface area contributed by atoms with Crippen LogP contribution >= 0.6 is 0 Å². The molecule has 1 aliphatic rings. The average Bonchev–Trinajstić information content (AvgIpc) is 2.41. The maximum atomic E-state index is 2.60. The third-order valence-corrected chi connectivity index (χ3v) is 4.36. The zero-order chi connectivity index (χ0) is 14.6. The second-order valence-electron chi connectivity index (χ2n) is 7.20. The first-order valence-electron chi connectivity index (χ1n) is 7.95. The topological polar surface area (TPSA) is 6.48 Å². The van der Waals surface area contributed by atoms with Crippen molar-refractivity contribution in [3.8, 4) is 0 Å².